The lowest BCUT2D eigenvalue weighted by atomic mass is 9.73. The van der Waals surface area contributed by atoms with Crippen molar-refractivity contribution in [3.63, 3.8) is 0 Å². The number of halogens is 1. The van der Waals surface area contributed by atoms with Gasteiger partial charge in [-0.2, -0.15) is 0 Å². The highest BCUT2D eigenvalue weighted by Gasteiger charge is 2.48. The first-order valence-electron chi connectivity index (χ1n) is 12.4. The van der Waals surface area contributed by atoms with E-state index in [4.69, 9.17) is 4.74 Å². The number of ether oxygens (including phenoxy) is 1. The third-order valence-electron chi connectivity index (χ3n) is 8.55. The van der Waals surface area contributed by atoms with Gasteiger partial charge in [0.15, 0.2) is 0 Å². The van der Waals surface area contributed by atoms with Gasteiger partial charge in [0.05, 0.1) is 13.2 Å². The summed E-state index contributed by atoms with van der Waals surface area (Å²) in [5.41, 5.74) is 1.37. The van der Waals surface area contributed by atoms with Crippen molar-refractivity contribution in [2.24, 2.45) is 0 Å². The number of carbonyl (C=O) groups excluding carboxylic acids is 3. The van der Waals surface area contributed by atoms with Crippen molar-refractivity contribution in [2.45, 2.75) is 62.2 Å². The minimum absolute atomic E-state index is 0.108. The van der Waals surface area contributed by atoms with Crippen LogP contribution >= 0.6 is 0 Å². The van der Waals surface area contributed by atoms with E-state index in [1.807, 2.05) is 12.1 Å². The Morgan fingerprint density at radius 2 is 1.85 bits per heavy atom. The number of imide groups is 1. The highest BCUT2D eigenvalue weighted by atomic mass is 19.1. The van der Waals surface area contributed by atoms with Crippen molar-refractivity contribution in [2.75, 3.05) is 39.3 Å². The topological polar surface area (TPSA) is 91.0 Å². The summed E-state index contributed by atoms with van der Waals surface area (Å²) in [6, 6.07) is 3.26. The van der Waals surface area contributed by atoms with Crippen molar-refractivity contribution in [1.82, 2.24) is 20.4 Å². The first-order valence-corrected chi connectivity index (χ1v) is 12.4. The molecular weight excluding hydrogens is 439 g/mol. The van der Waals surface area contributed by atoms with Gasteiger partial charge in [-0.3, -0.25) is 19.7 Å². The van der Waals surface area contributed by atoms with Crippen molar-refractivity contribution in [3.05, 3.63) is 28.8 Å². The minimum Gasteiger partial charge on any atom is -0.492 e. The quantitative estimate of drug-likeness (QED) is 0.647. The third kappa shape index (κ3) is 3.51. The molecule has 5 aliphatic heterocycles. The second kappa shape index (κ2) is 8.02. The Kier molecular flexibility index (Phi) is 5.18. The van der Waals surface area contributed by atoms with E-state index in [0.717, 1.165) is 55.9 Å². The molecule has 0 radical (unpaired) electrons. The molecule has 8 nitrogen and oxygen atoms in total. The van der Waals surface area contributed by atoms with E-state index < -0.39 is 17.6 Å². The van der Waals surface area contributed by atoms with E-state index in [1.165, 1.54) is 0 Å². The molecule has 5 aliphatic rings. The molecule has 182 valence electrons. The molecule has 9 heteroatoms. The third-order valence-corrected chi connectivity index (χ3v) is 8.55. The Labute approximate surface area is 198 Å². The number of benzene rings is 1. The Bertz CT molecular complexity index is 1050. The maximum Gasteiger partial charge on any atom is 0.255 e. The summed E-state index contributed by atoms with van der Waals surface area (Å²) in [7, 11) is 0. The number of rotatable bonds is 3. The number of carbonyl (C=O) groups is 3. The maximum atomic E-state index is 15.2. The lowest BCUT2D eigenvalue weighted by Crippen LogP contribution is -2.52. The zero-order chi connectivity index (χ0) is 23.5. The number of piperidine rings is 3. The average Bonchev–Trinajstić information content (AvgIpc) is 3.34. The number of hydrogen-bond acceptors (Lipinski definition) is 6. The minimum atomic E-state index is -1.10. The fourth-order valence-electron chi connectivity index (χ4n) is 6.47. The van der Waals surface area contributed by atoms with Crippen LogP contribution in [0.4, 0.5) is 4.39 Å². The fraction of sp³-hybridized carbons (Fsp3) is 0.640. The fourth-order valence-corrected chi connectivity index (χ4v) is 6.47. The lowest BCUT2D eigenvalue weighted by molar-refractivity contribution is -0.136. The molecule has 0 saturated carbocycles. The first kappa shape index (κ1) is 22.0. The normalized spacial score (nSPS) is 28.0. The predicted octanol–water partition coefficient (Wildman–Crippen LogP) is 1.27. The molecule has 0 bridgehead atoms. The SMILES string of the molecule is O=C1CCC(N2Cc3c(ccc4c3OCC43CCN(CC4(F)CCNCC4)CC3)C2=O)C(=O)N1. The molecule has 1 atom stereocenters. The molecule has 0 aromatic heterocycles. The van der Waals surface area contributed by atoms with E-state index in [2.05, 4.69) is 15.5 Å². The Balaban J connectivity index is 1.18. The number of fused-ring (bicyclic) bond motifs is 4. The van der Waals surface area contributed by atoms with Crippen molar-refractivity contribution in [3.8, 4) is 5.75 Å². The zero-order valence-electron chi connectivity index (χ0n) is 19.3. The molecule has 5 heterocycles. The van der Waals surface area contributed by atoms with Crippen LogP contribution in [0.2, 0.25) is 0 Å². The summed E-state index contributed by atoms with van der Waals surface area (Å²) in [4.78, 5) is 40.8. The summed E-state index contributed by atoms with van der Waals surface area (Å²) < 4.78 is 21.4. The van der Waals surface area contributed by atoms with E-state index in [1.54, 1.807) is 4.90 Å². The maximum absolute atomic E-state index is 15.2. The van der Waals surface area contributed by atoms with Gasteiger partial charge in [-0.1, -0.05) is 6.07 Å². The summed E-state index contributed by atoms with van der Waals surface area (Å²) in [5, 5.41) is 5.59. The monoisotopic (exact) mass is 470 g/mol. The van der Waals surface area contributed by atoms with Gasteiger partial charge in [-0.15, -0.1) is 0 Å². The van der Waals surface area contributed by atoms with Gasteiger partial charge in [0, 0.05) is 35.1 Å². The summed E-state index contributed by atoms with van der Waals surface area (Å²) in [6.45, 7) is 4.55. The molecule has 6 rings (SSSR count). The van der Waals surface area contributed by atoms with Crippen LogP contribution < -0.4 is 15.4 Å². The smallest absolute Gasteiger partial charge is 0.255 e. The second-order valence-electron chi connectivity index (χ2n) is 10.6. The van der Waals surface area contributed by atoms with Crippen LogP contribution in [-0.2, 0) is 21.5 Å². The van der Waals surface area contributed by atoms with Crippen molar-refractivity contribution in [1.29, 1.82) is 0 Å². The summed E-state index contributed by atoms with van der Waals surface area (Å²) in [6.07, 6.45) is 3.53. The van der Waals surface area contributed by atoms with Crippen molar-refractivity contribution >= 4 is 17.7 Å². The van der Waals surface area contributed by atoms with E-state index in [9.17, 15) is 14.4 Å². The average molecular weight is 471 g/mol. The summed E-state index contributed by atoms with van der Waals surface area (Å²) >= 11 is 0. The van der Waals surface area contributed by atoms with Gasteiger partial charge in [-0.05, 0) is 64.3 Å². The number of nitrogens with zero attached hydrogens (tertiary/aromatic N) is 2. The molecule has 3 saturated heterocycles. The molecule has 2 N–H and O–H groups in total. The summed E-state index contributed by atoms with van der Waals surface area (Å²) in [5.74, 6) is -0.0868. The van der Waals surface area contributed by atoms with Gasteiger partial charge in [0.25, 0.3) is 5.91 Å². The number of nitrogens with one attached hydrogen (secondary N) is 2. The largest absolute Gasteiger partial charge is 0.492 e. The van der Waals surface area contributed by atoms with Crippen LogP contribution in [0.1, 0.15) is 60.0 Å². The van der Waals surface area contributed by atoms with E-state index in [0.29, 0.717) is 44.5 Å². The number of likely N-dealkylation sites (tertiary alicyclic amines) is 1. The lowest BCUT2D eigenvalue weighted by Gasteiger charge is -2.42. The molecule has 0 aliphatic carbocycles. The highest BCUT2D eigenvalue weighted by molar-refractivity contribution is 6.05. The predicted molar refractivity (Wildman–Crippen MR) is 121 cm³/mol. The molecule has 1 spiro atoms. The van der Waals surface area contributed by atoms with Crippen LogP contribution in [0.25, 0.3) is 0 Å². The molecular formula is C25H31FN4O4. The van der Waals surface area contributed by atoms with Crippen LogP contribution in [0, 0.1) is 0 Å². The number of amides is 3. The van der Waals surface area contributed by atoms with Crippen LogP contribution in [0.5, 0.6) is 5.75 Å². The Morgan fingerprint density at radius 3 is 2.59 bits per heavy atom. The van der Waals surface area contributed by atoms with Crippen LogP contribution in [-0.4, -0.2) is 78.6 Å². The number of hydrogen-bond donors (Lipinski definition) is 2. The van der Waals surface area contributed by atoms with Crippen LogP contribution in [0.3, 0.4) is 0 Å². The van der Waals surface area contributed by atoms with E-state index in [-0.39, 0.29) is 23.7 Å². The van der Waals surface area contributed by atoms with Gasteiger partial charge in [-0.25, -0.2) is 4.39 Å². The molecule has 1 aromatic carbocycles. The Morgan fingerprint density at radius 1 is 1.09 bits per heavy atom. The molecule has 1 aromatic rings. The molecule has 34 heavy (non-hydrogen) atoms. The van der Waals surface area contributed by atoms with Gasteiger partial charge in [0.1, 0.15) is 17.5 Å². The first-order chi connectivity index (χ1) is 16.4. The van der Waals surface area contributed by atoms with Gasteiger partial charge < -0.3 is 19.9 Å². The Hall–Kier alpha value is -2.52. The van der Waals surface area contributed by atoms with Crippen molar-refractivity contribution < 1.29 is 23.5 Å². The van der Waals surface area contributed by atoms with Gasteiger partial charge >= 0.3 is 0 Å². The standard InChI is InChI=1S/C25H31FN4O4/c26-25(5-9-27-10-6-25)14-29-11-7-24(8-12-29)15-34-21-17-13-30(19-3-4-20(31)28-22(19)32)23(33)16(17)1-2-18(21)24/h1-2,19,27H,3-15H2,(H,28,31,32). The zero-order valence-corrected chi connectivity index (χ0v) is 19.3. The van der Waals surface area contributed by atoms with Crippen LogP contribution in [0.15, 0.2) is 12.1 Å². The van der Waals surface area contributed by atoms with Gasteiger partial charge in [0.2, 0.25) is 11.8 Å². The van der Waals surface area contributed by atoms with E-state index >= 15 is 4.39 Å². The number of alkyl halides is 1. The molecule has 3 fully saturated rings. The molecule has 1 unspecified atom stereocenters. The second-order valence-corrected chi connectivity index (χ2v) is 10.6. The molecule has 3 amide bonds. The highest BCUT2D eigenvalue weighted by Crippen LogP contribution is 2.49.